The number of aromatic nitrogens is 3. The van der Waals surface area contributed by atoms with E-state index in [1.165, 1.54) is 12.1 Å². The van der Waals surface area contributed by atoms with Gasteiger partial charge in [-0.25, -0.2) is 9.37 Å². The van der Waals surface area contributed by atoms with E-state index in [4.69, 9.17) is 11.6 Å². The molecule has 5 nitrogen and oxygen atoms in total. The van der Waals surface area contributed by atoms with Gasteiger partial charge in [-0.1, -0.05) is 18.5 Å². The number of rotatable bonds is 6. The first-order valence-corrected chi connectivity index (χ1v) is 8.71. The third-order valence-corrected chi connectivity index (χ3v) is 4.15. The van der Waals surface area contributed by atoms with Gasteiger partial charge in [0, 0.05) is 35.8 Å². The summed E-state index contributed by atoms with van der Waals surface area (Å²) in [7, 11) is 0. The molecule has 134 valence electrons. The van der Waals surface area contributed by atoms with Crippen molar-refractivity contribution in [1.82, 2.24) is 15.0 Å². The van der Waals surface area contributed by atoms with Crippen LogP contribution in [0.1, 0.15) is 20.3 Å². The molecule has 0 fully saturated rings. The van der Waals surface area contributed by atoms with Gasteiger partial charge in [-0.15, -0.1) is 0 Å². The minimum Gasteiger partial charge on any atom is -0.352 e. The summed E-state index contributed by atoms with van der Waals surface area (Å²) in [6.45, 7) is 4.15. The Labute approximate surface area is 156 Å². The van der Waals surface area contributed by atoms with Crippen molar-refractivity contribution in [1.29, 1.82) is 0 Å². The molecule has 2 heterocycles. The highest BCUT2D eigenvalue weighted by Gasteiger charge is 2.10. The van der Waals surface area contributed by atoms with Crippen molar-refractivity contribution in [3.8, 4) is 11.3 Å². The molecule has 2 aromatic heterocycles. The van der Waals surface area contributed by atoms with E-state index in [-0.39, 0.29) is 11.1 Å². The maximum absolute atomic E-state index is 13.4. The summed E-state index contributed by atoms with van der Waals surface area (Å²) in [5.41, 5.74) is 2.25. The Morgan fingerprint density at radius 2 is 2.04 bits per heavy atom. The first-order chi connectivity index (χ1) is 12.5. The summed E-state index contributed by atoms with van der Waals surface area (Å²) in [5.74, 6) is 0.624. The van der Waals surface area contributed by atoms with Crippen LogP contribution in [-0.2, 0) is 0 Å². The van der Waals surface area contributed by atoms with Crippen LogP contribution in [0.5, 0.6) is 0 Å². The highest BCUT2D eigenvalue weighted by atomic mass is 35.5. The third-order valence-electron chi connectivity index (χ3n) is 3.86. The van der Waals surface area contributed by atoms with E-state index in [1.54, 1.807) is 18.5 Å². The molecule has 3 aromatic rings. The molecule has 0 bridgehead atoms. The Morgan fingerprint density at radius 1 is 1.19 bits per heavy atom. The highest BCUT2D eigenvalue weighted by Crippen LogP contribution is 2.25. The number of anilines is 3. The molecule has 0 saturated carbocycles. The van der Waals surface area contributed by atoms with E-state index in [0.29, 0.717) is 17.5 Å². The molecular weight excluding hydrogens is 353 g/mol. The lowest BCUT2D eigenvalue weighted by molar-refractivity contribution is 0.628. The normalized spacial score (nSPS) is 11.8. The van der Waals surface area contributed by atoms with Gasteiger partial charge in [0.05, 0.1) is 10.7 Å². The Bertz CT molecular complexity index is 888. The molecule has 0 amide bonds. The molecular formula is C19H19ClFN5. The monoisotopic (exact) mass is 371 g/mol. The minimum atomic E-state index is -0.463. The first-order valence-electron chi connectivity index (χ1n) is 8.33. The summed E-state index contributed by atoms with van der Waals surface area (Å²) in [6, 6.07) is 10.3. The summed E-state index contributed by atoms with van der Waals surface area (Å²) in [6.07, 6.45) is 4.40. The Kier molecular flexibility index (Phi) is 5.63. The average molecular weight is 372 g/mol. The van der Waals surface area contributed by atoms with Crippen LogP contribution < -0.4 is 10.6 Å². The SMILES string of the molecule is CC[C@@H](C)Nc1nc(Nc2ccc(F)c(Cl)c2)cc(-c2cccnc2)n1. The van der Waals surface area contributed by atoms with Crippen LogP contribution in [0.25, 0.3) is 11.3 Å². The van der Waals surface area contributed by atoms with Crippen molar-refractivity contribution < 1.29 is 4.39 Å². The standard InChI is InChI=1S/C19H19ClFN5/c1-3-12(2)23-19-25-17(13-5-4-8-22-11-13)10-18(26-19)24-14-6-7-16(21)15(20)9-14/h4-12H,3H2,1-2H3,(H2,23,24,25,26)/t12-/m1/s1. The summed E-state index contributed by atoms with van der Waals surface area (Å²) in [4.78, 5) is 13.2. The molecule has 0 spiro atoms. The number of hydrogen-bond acceptors (Lipinski definition) is 5. The highest BCUT2D eigenvalue weighted by molar-refractivity contribution is 6.31. The Balaban J connectivity index is 1.97. The first kappa shape index (κ1) is 18.1. The number of hydrogen-bond donors (Lipinski definition) is 2. The van der Waals surface area contributed by atoms with Crippen LogP contribution in [-0.4, -0.2) is 21.0 Å². The van der Waals surface area contributed by atoms with Crippen molar-refractivity contribution in [2.75, 3.05) is 10.6 Å². The fourth-order valence-corrected chi connectivity index (χ4v) is 2.46. The van der Waals surface area contributed by atoms with E-state index in [0.717, 1.165) is 17.7 Å². The quantitative estimate of drug-likeness (QED) is 0.616. The topological polar surface area (TPSA) is 62.7 Å². The van der Waals surface area contributed by atoms with Gasteiger partial charge in [-0.05, 0) is 43.7 Å². The van der Waals surface area contributed by atoms with Gasteiger partial charge in [0.1, 0.15) is 11.6 Å². The summed E-state index contributed by atoms with van der Waals surface area (Å²) >= 11 is 5.86. The van der Waals surface area contributed by atoms with E-state index in [9.17, 15) is 4.39 Å². The fourth-order valence-electron chi connectivity index (χ4n) is 2.28. The fraction of sp³-hybridized carbons (Fsp3) is 0.211. The van der Waals surface area contributed by atoms with Crippen LogP contribution in [0.2, 0.25) is 5.02 Å². The number of pyridine rings is 1. The molecule has 2 N–H and O–H groups in total. The largest absolute Gasteiger partial charge is 0.352 e. The van der Waals surface area contributed by atoms with E-state index in [1.807, 2.05) is 18.2 Å². The number of benzene rings is 1. The molecule has 0 aliphatic heterocycles. The predicted molar refractivity (Wildman–Crippen MR) is 103 cm³/mol. The second-order valence-corrected chi connectivity index (χ2v) is 6.32. The Morgan fingerprint density at radius 3 is 2.73 bits per heavy atom. The van der Waals surface area contributed by atoms with Gasteiger partial charge in [0.25, 0.3) is 0 Å². The maximum Gasteiger partial charge on any atom is 0.225 e. The zero-order valence-corrected chi connectivity index (χ0v) is 15.3. The summed E-state index contributed by atoms with van der Waals surface area (Å²) in [5, 5.41) is 6.48. The van der Waals surface area contributed by atoms with Crippen molar-refractivity contribution in [3.63, 3.8) is 0 Å². The molecule has 0 unspecified atom stereocenters. The summed E-state index contributed by atoms with van der Waals surface area (Å²) < 4.78 is 13.4. The average Bonchev–Trinajstić information content (AvgIpc) is 2.65. The molecule has 1 atom stereocenters. The molecule has 3 rings (SSSR count). The van der Waals surface area contributed by atoms with Gasteiger partial charge in [-0.2, -0.15) is 4.98 Å². The second-order valence-electron chi connectivity index (χ2n) is 5.91. The van der Waals surface area contributed by atoms with Crippen LogP contribution in [0.15, 0.2) is 48.8 Å². The molecule has 26 heavy (non-hydrogen) atoms. The van der Waals surface area contributed by atoms with Gasteiger partial charge in [0.2, 0.25) is 5.95 Å². The molecule has 0 aliphatic carbocycles. The lowest BCUT2D eigenvalue weighted by atomic mass is 10.2. The second kappa shape index (κ2) is 8.10. The van der Waals surface area contributed by atoms with Crippen molar-refractivity contribution in [2.24, 2.45) is 0 Å². The molecule has 7 heteroatoms. The van der Waals surface area contributed by atoms with E-state index >= 15 is 0 Å². The smallest absolute Gasteiger partial charge is 0.225 e. The predicted octanol–water partition coefficient (Wildman–Crippen LogP) is 5.29. The van der Waals surface area contributed by atoms with Crippen LogP contribution in [0.4, 0.5) is 21.8 Å². The zero-order chi connectivity index (χ0) is 18.5. The lowest BCUT2D eigenvalue weighted by Gasteiger charge is -2.14. The Hall–Kier alpha value is -2.73. The maximum atomic E-state index is 13.4. The third kappa shape index (κ3) is 4.46. The van der Waals surface area contributed by atoms with Crippen molar-refractivity contribution >= 4 is 29.1 Å². The van der Waals surface area contributed by atoms with Crippen molar-refractivity contribution in [3.05, 3.63) is 59.6 Å². The molecule has 1 aromatic carbocycles. The van der Waals surface area contributed by atoms with Gasteiger partial charge < -0.3 is 10.6 Å². The lowest BCUT2D eigenvalue weighted by Crippen LogP contribution is -2.16. The zero-order valence-electron chi connectivity index (χ0n) is 14.5. The van der Waals surface area contributed by atoms with Gasteiger partial charge in [-0.3, -0.25) is 4.98 Å². The minimum absolute atomic E-state index is 0.0505. The molecule has 0 radical (unpaired) electrons. The van der Waals surface area contributed by atoms with Gasteiger partial charge >= 0.3 is 0 Å². The molecule has 0 saturated heterocycles. The van der Waals surface area contributed by atoms with Crippen LogP contribution in [0.3, 0.4) is 0 Å². The van der Waals surface area contributed by atoms with E-state index < -0.39 is 5.82 Å². The van der Waals surface area contributed by atoms with Gasteiger partial charge in [0.15, 0.2) is 0 Å². The number of nitrogens with one attached hydrogen (secondary N) is 2. The van der Waals surface area contributed by atoms with Crippen LogP contribution in [0, 0.1) is 5.82 Å². The molecule has 0 aliphatic rings. The number of halogens is 2. The van der Waals surface area contributed by atoms with Crippen molar-refractivity contribution in [2.45, 2.75) is 26.3 Å². The number of nitrogens with zero attached hydrogens (tertiary/aromatic N) is 3. The van der Waals surface area contributed by atoms with Crippen LogP contribution >= 0.6 is 11.6 Å². The van der Waals surface area contributed by atoms with E-state index in [2.05, 4.69) is 39.4 Å².